The Bertz CT molecular complexity index is 140. The summed E-state index contributed by atoms with van der Waals surface area (Å²) in [6.07, 6.45) is 7.05. The highest BCUT2D eigenvalue weighted by atomic mass is 16.3. The molecule has 1 aliphatic carbocycles. The van der Waals surface area contributed by atoms with Crippen molar-refractivity contribution < 1.29 is 5.11 Å². The first-order valence-electron chi connectivity index (χ1n) is 4.77. The molecule has 0 aromatic carbocycles. The third-order valence-electron chi connectivity index (χ3n) is 3.27. The average Bonchev–Trinajstić information content (AvgIpc) is 2.46. The van der Waals surface area contributed by atoms with E-state index in [-0.39, 0.29) is 11.6 Å². The first-order valence-corrected chi connectivity index (χ1v) is 4.77. The first kappa shape index (κ1) is 7.56. The quantitative estimate of drug-likeness (QED) is 0.548. The van der Waals surface area contributed by atoms with Gasteiger partial charge in [-0.25, -0.2) is 0 Å². The van der Waals surface area contributed by atoms with Crippen LogP contribution in [0, 0.1) is 0 Å². The van der Waals surface area contributed by atoms with E-state index in [2.05, 4.69) is 5.32 Å². The Morgan fingerprint density at radius 3 is 2.55 bits per heavy atom. The van der Waals surface area contributed by atoms with Gasteiger partial charge in [0.05, 0.1) is 6.10 Å². The lowest BCUT2D eigenvalue weighted by atomic mass is 9.84. The Hall–Kier alpha value is -0.0800. The van der Waals surface area contributed by atoms with Crippen LogP contribution in [-0.4, -0.2) is 23.3 Å². The van der Waals surface area contributed by atoms with Gasteiger partial charge in [0.25, 0.3) is 0 Å². The molecule has 0 aromatic heterocycles. The van der Waals surface area contributed by atoms with Gasteiger partial charge in [0.15, 0.2) is 0 Å². The molecular formula is C9H17NO. The molecule has 2 fully saturated rings. The number of hydrogen-bond donors (Lipinski definition) is 2. The molecule has 2 aliphatic rings. The maximum atomic E-state index is 9.80. The Balaban J connectivity index is 2.07. The zero-order valence-electron chi connectivity index (χ0n) is 6.97. The van der Waals surface area contributed by atoms with Gasteiger partial charge in [0.2, 0.25) is 0 Å². The largest absolute Gasteiger partial charge is 0.391 e. The number of nitrogens with one attached hydrogen (secondary N) is 1. The van der Waals surface area contributed by atoms with E-state index in [0.29, 0.717) is 0 Å². The molecule has 11 heavy (non-hydrogen) atoms. The van der Waals surface area contributed by atoms with Crippen LogP contribution < -0.4 is 5.32 Å². The average molecular weight is 155 g/mol. The van der Waals surface area contributed by atoms with Crippen molar-refractivity contribution in [2.45, 2.75) is 50.2 Å². The summed E-state index contributed by atoms with van der Waals surface area (Å²) in [6, 6.07) is 0. The summed E-state index contributed by atoms with van der Waals surface area (Å²) in [4.78, 5) is 0. The summed E-state index contributed by atoms with van der Waals surface area (Å²) in [5, 5.41) is 13.3. The highest BCUT2D eigenvalue weighted by molar-refractivity contribution is 5.00. The van der Waals surface area contributed by atoms with Crippen LogP contribution >= 0.6 is 0 Å². The van der Waals surface area contributed by atoms with E-state index >= 15 is 0 Å². The van der Waals surface area contributed by atoms with Crippen LogP contribution in [0.15, 0.2) is 0 Å². The SMILES string of the molecule is OC1CCCNC12CCCC2. The molecule has 2 heteroatoms. The molecule has 1 saturated heterocycles. The maximum absolute atomic E-state index is 9.80. The van der Waals surface area contributed by atoms with Crippen LogP contribution in [0.2, 0.25) is 0 Å². The van der Waals surface area contributed by atoms with Gasteiger partial charge in [0.1, 0.15) is 0 Å². The predicted molar refractivity (Wildman–Crippen MR) is 44.4 cm³/mol. The fourth-order valence-electron chi connectivity index (χ4n) is 2.54. The maximum Gasteiger partial charge on any atom is 0.0722 e. The summed E-state index contributed by atoms with van der Waals surface area (Å²) < 4.78 is 0. The zero-order chi connectivity index (χ0) is 7.73. The van der Waals surface area contributed by atoms with Crippen LogP contribution in [0.3, 0.4) is 0 Å². The predicted octanol–water partition coefficient (Wildman–Crippen LogP) is 1.04. The fraction of sp³-hybridized carbons (Fsp3) is 1.00. The number of piperidine rings is 1. The number of rotatable bonds is 0. The Morgan fingerprint density at radius 1 is 1.18 bits per heavy atom. The van der Waals surface area contributed by atoms with E-state index in [9.17, 15) is 5.11 Å². The fourth-order valence-corrected chi connectivity index (χ4v) is 2.54. The van der Waals surface area contributed by atoms with Crippen molar-refractivity contribution in [1.82, 2.24) is 5.32 Å². The zero-order valence-corrected chi connectivity index (χ0v) is 6.97. The van der Waals surface area contributed by atoms with Crippen LogP contribution in [-0.2, 0) is 0 Å². The normalized spacial score (nSPS) is 36.3. The molecule has 1 heterocycles. The number of aliphatic hydroxyl groups is 1. The standard InChI is InChI=1S/C9H17NO/c11-8-4-3-7-10-9(8)5-1-2-6-9/h8,10-11H,1-7H2. The van der Waals surface area contributed by atoms with Crippen molar-refractivity contribution in [1.29, 1.82) is 0 Å². The van der Waals surface area contributed by atoms with E-state index in [1.54, 1.807) is 0 Å². The molecule has 1 spiro atoms. The van der Waals surface area contributed by atoms with Crippen molar-refractivity contribution in [3.63, 3.8) is 0 Å². The van der Waals surface area contributed by atoms with E-state index < -0.39 is 0 Å². The van der Waals surface area contributed by atoms with Crippen LogP contribution in [0.1, 0.15) is 38.5 Å². The second-order valence-electron chi connectivity index (χ2n) is 3.95. The van der Waals surface area contributed by atoms with Gasteiger partial charge >= 0.3 is 0 Å². The van der Waals surface area contributed by atoms with Gasteiger partial charge < -0.3 is 10.4 Å². The van der Waals surface area contributed by atoms with Gasteiger partial charge in [-0.05, 0) is 32.2 Å². The van der Waals surface area contributed by atoms with E-state index in [0.717, 1.165) is 19.4 Å². The van der Waals surface area contributed by atoms with Gasteiger partial charge in [-0.15, -0.1) is 0 Å². The van der Waals surface area contributed by atoms with E-state index in [4.69, 9.17) is 0 Å². The van der Waals surface area contributed by atoms with Crippen molar-refractivity contribution >= 4 is 0 Å². The third kappa shape index (κ3) is 1.18. The summed E-state index contributed by atoms with van der Waals surface area (Å²) in [6.45, 7) is 1.11. The Labute approximate surface area is 68.0 Å². The Morgan fingerprint density at radius 2 is 1.91 bits per heavy atom. The number of hydrogen-bond acceptors (Lipinski definition) is 2. The molecule has 2 rings (SSSR count). The van der Waals surface area contributed by atoms with Gasteiger partial charge in [-0.3, -0.25) is 0 Å². The lowest BCUT2D eigenvalue weighted by Gasteiger charge is -2.39. The molecule has 1 aliphatic heterocycles. The molecule has 1 atom stereocenters. The molecule has 2 N–H and O–H groups in total. The molecule has 1 saturated carbocycles. The molecule has 64 valence electrons. The van der Waals surface area contributed by atoms with Crippen LogP contribution in [0.5, 0.6) is 0 Å². The Kier molecular flexibility index (Phi) is 1.90. The van der Waals surface area contributed by atoms with E-state index in [1.165, 1.54) is 25.7 Å². The summed E-state index contributed by atoms with van der Waals surface area (Å²) in [7, 11) is 0. The van der Waals surface area contributed by atoms with Crippen molar-refractivity contribution in [3.05, 3.63) is 0 Å². The minimum Gasteiger partial charge on any atom is -0.391 e. The van der Waals surface area contributed by atoms with Gasteiger partial charge in [0, 0.05) is 5.54 Å². The molecule has 0 amide bonds. The minimum absolute atomic E-state index is 0.0706. The molecule has 0 bridgehead atoms. The molecule has 2 nitrogen and oxygen atoms in total. The first-order chi connectivity index (χ1) is 5.33. The summed E-state index contributed by atoms with van der Waals surface area (Å²) in [5.74, 6) is 0. The monoisotopic (exact) mass is 155 g/mol. The molecule has 0 radical (unpaired) electrons. The smallest absolute Gasteiger partial charge is 0.0722 e. The molecular weight excluding hydrogens is 138 g/mol. The topological polar surface area (TPSA) is 32.3 Å². The molecule has 0 aromatic rings. The van der Waals surface area contributed by atoms with Crippen molar-refractivity contribution in [2.75, 3.05) is 6.54 Å². The van der Waals surface area contributed by atoms with Crippen molar-refractivity contribution in [3.8, 4) is 0 Å². The highest BCUT2D eigenvalue weighted by Gasteiger charge is 2.41. The lowest BCUT2D eigenvalue weighted by molar-refractivity contribution is 0.0336. The second-order valence-corrected chi connectivity index (χ2v) is 3.95. The minimum atomic E-state index is -0.0706. The highest BCUT2D eigenvalue weighted by Crippen LogP contribution is 2.35. The summed E-state index contributed by atoms with van der Waals surface area (Å²) in [5.41, 5.74) is 0.137. The van der Waals surface area contributed by atoms with Crippen LogP contribution in [0.4, 0.5) is 0 Å². The summed E-state index contributed by atoms with van der Waals surface area (Å²) >= 11 is 0. The lowest BCUT2D eigenvalue weighted by Crippen LogP contribution is -2.55. The third-order valence-corrected chi connectivity index (χ3v) is 3.27. The van der Waals surface area contributed by atoms with Gasteiger partial charge in [-0.2, -0.15) is 0 Å². The van der Waals surface area contributed by atoms with Crippen LogP contribution in [0.25, 0.3) is 0 Å². The van der Waals surface area contributed by atoms with E-state index in [1.807, 2.05) is 0 Å². The van der Waals surface area contributed by atoms with Crippen molar-refractivity contribution in [2.24, 2.45) is 0 Å². The molecule has 1 unspecified atom stereocenters. The van der Waals surface area contributed by atoms with Gasteiger partial charge in [-0.1, -0.05) is 12.8 Å². The second kappa shape index (κ2) is 2.76. The number of aliphatic hydroxyl groups excluding tert-OH is 1.